The van der Waals surface area contributed by atoms with Crippen molar-refractivity contribution in [2.45, 2.75) is 13.0 Å². The first-order valence-electron chi connectivity index (χ1n) is 4.96. The molecule has 3 nitrogen and oxygen atoms in total. The third-order valence-electron chi connectivity index (χ3n) is 2.50. The van der Waals surface area contributed by atoms with E-state index in [1.807, 2.05) is 13.0 Å². The lowest BCUT2D eigenvalue weighted by molar-refractivity contribution is 0.815. The van der Waals surface area contributed by atoms with Gasteiger partial charge in [0.2, 0.25) is 0 Å². The molecule has 0 fully saturated rings. The summed E-state index contributed by atoms with van der Waals surface area (Å²) in [6.07, 6.45) is 5.18. The molecule has 0 spiro atoms. The number of halogens is 1. The summed E-state index contributed by atoms with van der Waals surface area (Å²) in [6.45, 7) is 1.99. The van der Waals surface area contributed by atoms with Crippen LogP contribution in [0.2, 0.25) is 5.02 Å². The van der Waals surface area contributed by atoms with Gasteiger partial charge < -0.3 is 5.73 Å². The molecule has 0 aromatic carbocycles. The fourth-order valence-corrected chi connectivity index (χ4v) is 1.81. The van der Waals surface area contributed by atoms with Crippen LogP contribution in [0.15, 0.2) is 36.8 Å². The monoisotopic (exact) mass is 233 g/mol. The predicted molar refractivity (Wildman–Crippen MR) is 64.3 cm³/mol. The third kappa shape index (κ3) is 2.05. The quantitative estimate of drug-likeness (QED) is 0.867. The molecule has 0 aliphatic heterocycles. The first kappa shape index (κ1) is 11.0. The van der Waals surface area contributed by atoms with Crippen LogP contribution in [-0.4, -0.2) is 9.97 Å². The molecule has 2 heterocycles. The Balaban J connectivity index is 2.44. The molecule has 82 valence electrons. The molecule has 2 aromatic heterocycles. The Morgan fingerprint density at radius 3 is 2.81 bits per heavy atom. The highest BCUT2D eigenvalue weighted by Crippen LogP contribution is 2.25. The molecule has 2 N–H and O–H groups in total. The summed E-state index contributed by atoms with van der Waals surface area (Å²) in [4.78, 5) is 8.28. The summed E-state index contributed by atoms with van der Waals surface area (Å²) < 4.78 is 0. The van der Waals surface area contributed by atoms with Crippen LogP contribution in [0.5, 0.6) is 0 Å². The maximum atomic E-state index is 6.13. The molecule has 0 bridgehead atoms. The number of nitrogens with zero attached hydrogens (tertiary/aromatic N) is 2. The fraction of sp³-hybridized carbons (Fsp3) is 0.167. The van der Waals surface area contributed by atoms with Crippen molar-refractivity contribution in [3.05, 3.63) is 58.6 Å². The van der Waals surface area contributed by atoms with Crippen molar-refractivity contribution < 1.29 is 0 Å². The van der Waals surface area contributed by atoms with Crippen LogP contribution in [0.3, 0.4) is 0 Å². The number of rotatable bonds is 2. The van der Waals surface area contributed by atoms with Crippen LogP contribution >= 0.6 is 11.6 Å². The Kier molecular flexibility index (Phi) is 3.17. The van der Waals surface area contributed by atoms with Crippen LogP contribution < -0.4 is 5.73 Å². The van der Waals surface area contributed by atoms with E-state index in [0.29, 0.717) is 10.7 Å². The molecule has 0 saturated carbocycles. The smallest absolute Gasteiger partial charge is 0.0802 e. The molecule has 1 unspecified atom stereocenters. The van der Waals surface area contributed by atoms with Gasteiger partial charge >= 0.3 is 0 Å². The first-order valence-corrected chi connectivity index (χ1v) is 5.34. The van der Waals surface area contributed by atoms with Gasteiger partial charge in [-0.25, -0.2) is 0 Å². The second-order valence-corrected chi connectivity index (χ2v) is 3.99. The zero-order valence-electron chi connectivity index (χ0n) is 8.89. The average Bonchev–Trinajstić information content (AvgIpc) is 2.29. The number of aryl methyl sites for hydroxylation is 1. The van der Waals surface area contributed by atoms with Crippen molar-refractivity contribution in [3.63, 3.8) is 0 Å². The molecule has 0 amide bonds. The van der Waals surface area contributed by atoms with Gasteiger partial charge in [0.1, 0.15) is 0 Å². The summed E-state index contributed by atoms with van der Waals surface area (Å²) >= 11 is 6.06. The van der Waals surface area contributed by atoms with Gasteiger partial charge in [-0.15, -0.1) is 0 Å². The molecule has 0 aliphatic rings. The van der Waals surface area contributed by atoms with Crippen LogP contribution in [0.1, 0.15) is 22.9 Å². The van der Waals surface area contributed by atoms with Gasteiger partial charge in [-0.3, -0.25) is 9.97 Å². The number of pyridine rings is 2. The summed E-state index contributed by atoms with van der Waals surface area (Å²) in [5.41, 5.74) is 8.85. The Morgan fingerprint density at radius 2 is 2.12 bits per heavy atom. The lowest BCUT2D eigenvalue weighted by atomic mass is 10.0. The van der Waals surface area contributed by atoms with Gasteiger partial charge in [0, 0.05) is 18.6 Å². The molecule has 4 heteroatoms. The highest BCUT2D eigenvalue weighted by Gasteiger charge is 2.15. The molecular formula is C12H12ClN3. The molecular weight excluding hydrogens is 222 g/mol. The zero-order chi connectivity index (χ0) is 11.5. The van der Waals surface area contributed by atoms with Crippen molar-refractivity contribution >= 4 is 11.6 Å². The molecule has 0 aliphatic carbocycles. The van der Waals surface area contributed by atoms with E-state index in [1.165, 1.54) is 0 Å². The van der Waals surface area contributed by atoms with Crippen molar-refractivity contribution in [3.8, 4) is 0 Å². The van der Waals surface area contributed by atoms with Gasteiger partial charge in [0.05, 0.1) is 16.8 Å². The maximum Gasteiger partial charge on any atom is 0.0802 e. The lowest BCUT2D eigenvalue weighted by Crippen LogP contribution is -2.15. The van der Waals surface area contributed by atoms with E-state index in [1.54, 1.807) is 30.7 Å². The normalized spacial score (nSPS) is 12.4. The van der Waals surface area contributed by atoms with E-state index in [0.717, 1.165) is 11.1 Å². The van der Waals surface area contributed by atoms with E-state index < -0.39 is 0 Å². The van der Waals surface area contributed by atoms with Crippen molar-refractivity contribution in [1.82, 2.24) is 9.97 Å². The molecule has 0 radical (unpaired) electrons. The van der Waals surface area contributed by atoms with Gasteiger partial charge in [-0.2, -0.15) is 0 Å². The summed E-state index contributed by atoms with van der Waals surface area (Å²) in [5.74, 6) is 0. The van der Waals surface area contributed by atoms with Crippen LogP contribution in [0.4, 0.5) is 0 Å². The molecule has 0 saturated heterocycles. The topological polar surface area (TPSA) is 51.8 Å². The average molecular weight is 234 g/mol. The fourth-order valence-electron chi connectivity index (χ4n) is 1.58. The zero-order valence-corrected chi connectivity index (χ0v) is 9.65. The van der Waals surface area contributed by atoms with Gasteiger partial charge in [-0.05, 0) is 36.2 Å². The van der Waals surface area contributed by atoms with Crippen LogP contribution in [0, 0.1) is 6.92 Å². The molecule has 16 heavy (non-hydrogen) atoms. The van der Waals surface area contributed by atoms with Crippen LogP contribution in [-0.2, 0) is 0 Å². The van der Waals surface area contributed by atoms with E-state index in [-0.39, 0.29) is 6.04 Å². The van der Waals surface area contributed by atoms with Gasteiger partial charge in [0.25, 0.3) is 0 Å². The number of nitrogens with two attached hydrogens (primary N) is 1. The Bertz CT molecular complexity index is 454. The van der Waals surface area contributed by atoms with Crippen molar-refractivity contribution in [1.29, 1.82) is 0 Å². The second kappa shape index (κ2) is 4.60. The summed E-state index contributed by atoms with van der Waals surface area (Å²) in [6, 6.07) is 5.17. The Morgan fingerprint density at radius 1 is 1.31 bits per heavy atom. The maximum absolute atomic E-state index is 6.13. The third-order valence-corrected chi connectivity index (χ3v) is 2.82. The predicted octanol–water partition coefficient (Wildman–Crippen LogP) is 2.49. The largest absolute Gasteiger partial charge is 0.319 e. The molecule has 2 rings (SSSR count). The number of hydrogen-bond donors (Lipinski definition) is 1. The van der Waals surface area contributed by atoms with E-state index in [4.69, 9.17) is 17.3 Å². The van der Waals surface area contributed by atoms with E-state index in [9.17, 15) is 0 Å². The van der Waals surface area contributed by atoms with Crippen LogP contribution in [0.25, 0.3) is 0 Å². The lowest BCUT2D eigenvalue weighted by Gasteiger charge is -2.14. The summed E-state index contributed by atoms with van der Waals surface area (Å²) in [7, 11) is 0. The van der Waals surface area contributed by atoms with Crippen molar-refractivity contribution in [2.75, 3.05) is 0 Å². The SMILES string of the molecule is Cc1ccncc1C(N)c1ncccc1Cl. The van der Waals surface area contributed by atoms with E-state index >= 15 is 0 Å². The minimum absolute atomic E-state index is 0.331. The number of hydrogen-bond acceptors (Lipinski definition) is 3. The van der Waals surface area contributed by atoms with Crippen molar-refractivity contribution in [2.24, 2.45) is 5.73 Å². The highest BCUT2D eigenvalue weighted by molar-refractivity contribution is 6.31. The summed E-state index contributed by atoms with van der Waals surface area (Å²) in [5, 5.41) is 0.582. The molecule has 2 aromatic rings. The standard InChI is InChI=1S/C12H12ClN3/c1-8-4-6-15-7-9(8)11(14)12-10(13)3-2-5-16-12/h2-7,11H,14H2,1H3. The second-order valence-electron chi connectivity index (χ2n) is 3.58. The Hall–Kier alpha value is -1.45. The highest BCUT2D eigenvalue weighted by atomic mass is 35.5. The Labute approximate surface area is 99.3 Å². The van der Waals surface area contributed by atoms with Gasteiger partial charge in [-0.1, -0.05) is 11.6 Å². The minimum atomic E-state index is -0.331. The molecule has 1 atom stereocenters. The first-order chi connectivity index (χ1) is 7.70. The minimum Gasteiger partial charge on any atom is -0.319 e. The van der Waals surface area contributed by atoms with E-state index in [2.05, 4.69) is 9.97 Å². The number of aromatic nitrogens is 2. The van der Waals surface area contributed by atoms with Gasteiger partial charge in [0.15, 0.2) is 0 Å².